The van der Waals surface area contributed by atoms with Crippen molar-refractivity contribution >= 4 is 33.6 Å². The van der Waals surface area contributed by atoms with Crippen LogP contribution in [-0.2, 0) is 0 Å². The van der Waals surface area contributed by atoms with Crippen molar-refractivity contribution < 1.29 is 9.90 Å². The predicted molar refractivity (Wildman–Crippen MR) is 98.2 cm³/mol. The number of hydrogen-bond donors (Lipinski definition) is 3. The Morgan fingerprint density at radius 3 is 2.73 bits per heavy atom. The third-order valence-electron chi connectivity index (χ3n) is 5.31. The normalized spacial score (nSPS) is 17.9. The molecule has 3 aromatic rings. The van der Waals surface area contributed by atoms with Crippen molar-refractivity contribution in [2.75, 3.05) is 31.1 Å². The summed E-state index contributed by atoms with van der Waals surface area (Å²) in [6.45, 7) is 3.56. The maximum Gasteiger partial charge on any atom is 0.341 e. The molecule has 5 rings (SSSR count). The molecule has 2 aliphatic rings. The highest BCUT2D eigenvalue weighted by atomic mass is 16.4. The van der Waals surface area contributed by atoms with E-state index in [9.17, 15) is 14.7 Å². The summed E-state index contributed by atoms with van der Waals surface area (Å²) in [6, 6.07) is 2.27. The molecule has 1 saturated heterocycles. The summed E-state index contributed by atoms with van der Waals surface area (Å²) in [6.07, 6.45) is 5.08. The first kappa shape index (κ1) is 15.4. The lowest BCUT2D eigenvalue weighted by atomic mass is 10.1. The molecule has 3 N–H and O–H groups in total. The van der Waals surface area contributed by atoms with Crippen LogP contribution in [0.25, 0.3) is 21.9 Å². The predicted octanol–water partition coefficient (Wildman–Crippen LogP) is 1.32. The molecule has 1 saturated carbocycles. The van der Waals surface area contributed by atoms with E-state index in [-0.39, 0.29) is 11.6 Å². The SMILES string of the molecule is O=C(O)c1cn(C2CC2)c2cc(N3CCNCC3)c3[nH]cnc3c2c1=O. The van der Waals surface area contributed by atoms with Crippen LogP contribution in [0, 0.1) is 0 Å². The van der Waals surface area contributed by atoms with Gasteiger partial charge in [-0.05, 0) is 18.9 Å². The van der Waals surface area contributed by atoms with E-state index in [4.69, 9.17) is 0 Å². The van der Waals surface area contributed by atoms with Crippen molar-refractivity contribution in [1.82, 2.24) is 19.9 Å². The molecule has 134 valence electrons. The van der Waals surface area contributed by atoms with Gasteiger partial charge >= 0.3 is 5.97 Å². The van der Waals surface area contributed by atoms with Crippen LogP contribution in [0.1, 0.15) is 29.2 Å². The number of nitrogens with zero attached hydrogens (tertiary/aromatic N) is 3. The quantitative estimate of drug-likeness (QED) is 0.656. The molecule has 0 bridgehead atoms. The highest BCUT2D eigenvalue weighted by molar-refractivity contribution is 6.10. The van der Waals surface area contributed by atoms with Gasteiger partial charge in [0.15, 0.2) is 0 Å². The fourth-order valence-corrected chi connectivity index (χ4v) is 3.87. The number of carboxylic acids is 1. The Balaban J connectivity index is 1.87. The largest absolute Gasteiger partial charge is 0.477 e. The van der Waals surface area contributed by atoms with Gasteiger partial charge in [-0.2, -0.15) is 0 Å². The molecule has 0 spiro atoms. The number of aromatic amines is 1. The molecular weight excluding hydrogens is 334 g/mol. The van der Waals surface area contributed by atoms with Crippen LogP contribution in [-0.4, -0.2) is 51.8 Å². The lowest BCUT2D eigenvalue weighted by Crippen LogP contribution is -2.43. The van der Waals surface area contributed by atoms with Gasteiger partial charge in [-0.15, -0.1) is 0 Å². The zero-order valence-electron chi connectivity index (χ0n) is 14.2. The fourth-order valence-electron chi connectivity index (χ4n) is 3.87. The molecule has 8 heteroatoms. The Bertz CT molecular complexity index is 1090. The van der Waals surface area contributed by atoms with E-state index in [1.165, 1.54) is 6.20 Å². The molecule has 1 aliphatic heterocycles. The van der Waals surface area contributed by atoms with Crippen molar-refractivity contribution in [3.8, 4) is 0 Å². The van der Waals surface area contributed by atoms with Crippen LogP contribution in [0.15, 0.2) is 23.4 Å². The van der Waals surface area contributed by atoms with Gasteiger partial charge in [-0.25, -0.2) is 9.78 Å². The Hall–Kier alpha value is -2.87. The van der Waals surface area contributed by atoms with Gasteiger partial charge in [0.25, 0.3) is 0 Å². The van der Waals surface area contributed by atoms with Crippen LogP contribution in [0.3, 0.4) is 0 Å². The van der Waals surface area contributed by atoms with Crippen LogP contribution in [0.5, 0.6) is 0 Å². The number of imidazole rings is 1. The van der Waals surface area contributed by atoms with Gasteiger partial charge in [0.1, 0.15) is 11.1 Å². The average Bonchev–Trinajstić information content (AvgIpc) is 3.37. The molecule has 0 unspecified atom stereocenters. The number of hydrogen-bond acceptors (Lipinski definition) is 5. The number of benzene rings is 1. The standard InChI is InChI=1S/C18H19N5O3/c24-17-11(18(25)26)8-23(10-1-2-10)12-7-13(22-5-3-19-4-6-22)15-16(14(12)17)21-9-20-15/h7-10,19H,1-6H2,(H,20,21)(H,25,26). The van der Waals surface area contributed by atoms with E-state index in [0.717, 1.165) is 55.7 Å². The molecule has 1 aromatic carbocycles. The number of piperazine rings is 1. The minimum atomic E-state index is -1.19. The Morgan fingerprint density at radius 2 is 2.04 bits per heavy atom. The highest BCUT2D eigenvalue weighted by Gasteiger charge is 2.29. The molecule has 0 radical (unpaired) electrons. The number of rotatable bonds is 3. The summed E-state index contributed by atoms with van der Waals surface area (Å²) in [7, 11) is 0. The molecule has 2 aromatic heterocycles. The Kier molecular flexibility index (Phi) is 3.30. The zero-order valence-corrected chi connectivity index (χ0v) is 14.2. The van der Waals surface area contributed by atoms with Crippen molar-refractivity contribution in [2.45, 2.75) is 18.9 Å². The summed E-state index contributed by atoms with van der Waals surface area (Å²) in [5.41, 5.74) is 2.48. The molecule has 0 amide bonds. The van der Waals surface area contributed by atoms with E-state index in [1.54, 1.807) is 6.33 Å². The lowest BCUT2D eigenvalue weighted by Gasteiger charge is -2.30. The second-order valence-corrected chi connectivity index (χ2v) is 6.97. The summed E-state index contributed by atoms with van der Waals surface area (Å²) in [4.78, 5) is 34.3. The second-order valence-electron chi connectivity index (χ2n) is 6.97. The number of anilines is 1. The summed E-state index contributed by atoms with van der Waals surface area (Å²) in [5.74, 6) is -1.19. The number of nitrogens with one attached hydrogen (secondary N) is 2. The highest BCUT2D eigenvalue weighted by Crippen LogP contribution is 2.39. The van der Waals surface area contributed by atoms with Gasteiger partial charge in [-0.1, -0.05) is 0 Å². The van der Waals surface area contributed by atoms with Gasteiger partial charge < -0.3 is 24.9 Å². The minimum Gasteiger partial charge on any atom is -0.477 e. The Labute approximate surface area is 148 Å². The van der Waals surface area contributed by atoms with E-state index in [1.807, 2.05) is 10.6 Å². The molecule has 26 heavy (non-hydrogen) atoms. The van der Waals surface area contributed by atoms with Gasteiger partial charge in [0.05, 0.1) is 28.4 Å². The van der Waals surface area contributed by atoms with Crippen LogP contribution in [0.4, 0.5) is 5.69 Å². The maximum absolute atomic E-state index is 12.9. The number of aromatic nitrogens is 3. The number of H-pyrrole nitrogens is 1. The molecule has 8 nitrogen and oxygen atoms in total. The van der Waals surface area contributed by atoms with Crippen LogP contribution >= 0.6 is 0 Å². The molecular formula is C18H19N5O3. The van der Waals surface area contributed by atoms with E-state index in [2.05, 4.69) is 20.2 Å². The molecule has 3 heterocycles. The van der Waals surface area contributed by atoms with Crippen LogP contribution < -0.4 is 15.6 Å². The minimum absolute atomic E-state index is 0.191. The monoisotopic (exact) mass is 353 g/mol. The molecule has 0 atom stereocenters. The van der Waals surface area contributed by atoms with Gasteiger partial charge in [0, 0.05) is 38.4 Å². The first-order valence-corrected chi connectivity index (χ1v) is 8.89. The number of aromatic carboxylic acids is 1. The number of fused-ring (bicyclic) bond motifs is 3. The van der Waals surface area contributed by atoms with Crippen LogP contribution in [0.2, 0.25) is 0 Å². The van der Waals surface area contributed by atoms with Gasteiger partial charge in [-0.3, -0.25) is 4.79 Å². The van der Waals surface area contributed by atoms with E-state index < -0.39 is 11.4 Å². The number of carbonyl (C=O) groups is 1. The van der Waals surface area contributed by atoms with Crippen molar-refractivity contribution in [1.29, 1.82) is 0 Å². The summed E-state index contributed by atoms with van der Waals surface area (Å²) < 4.78 is 1.96. The third kappa shape index (κ3) is 2.22. The molecule has 2 fully saturated rings. The zero-order chi connectivity index (χ0) is 17.8. The average molecular weight is 353 g/mol. The topological polar surface area (TPSA) is 103 Å². The van der Waals surface area contributed by atoms with Crippen molar-refractivity contribution in [3.63, 3.8) is 0 Å². The van der Waals surface area contributed by atoms with Crippen molar-refractivity contribution in [3.05, 3.63) is 34.4 Å². The third-order valence-corrected chi connectivity index (χ3v) is 5.31. The van der Waals surface area contributed by atoms with Gasteiger partial charge in [0.2, 0.25) is 5.43 Å². The number of pyridine rings is 1. The van der Waals surface area contributed by atoms with E-state index >= 15 is 0 Å². The fraction of sp³-hybridized carbons (Fsp3) is 0.389. The maximum atomic E-state index is 12.9. The summed E-state index contributed by atoms with van der Waals surface area (Å²) in [5, 5.41) is 13.2. The number of carboxylic acid groups (broad SMARTS) is 1. The van der Waals surface area contributed by atoms with Crippen molar-refractivity contribution in [2.24, 2.45) is 0 Å². The smallest absolute Gasteiger partial charge is 0.341 e. The summed E-state index contributed by atoms with van der Waals surface area (Å²) >= 11 is 0. The lowest BCUT2D eigenvalue weighted by molar-refractivity contribution is 0.0695. The Morgan fingerprint density at radius 1 is 1.27 bits per heavy atom. The van der Waals surface area contributed by atoms with E-state index in [0.29, 0.717) is 10.9 Å². The first-order chi connectivity index (χ1) is 12.6. The first-order valence-electron chi connectivity index (χ1n) is 8.89. The second kappa shape index (κ2) is 5.57. The molecule has 1 aliphatic carbocycles.